The molecule has 0 saturated carbocycles. The number of piperazine rings is 1. The van der Waals surface area contributed by atoms with Crippen molar-refractivity contribution in [2.45, 2.75) is 0 Å². The summed E-state index contributed by atoms with van der Waals surface area (Å²) in [6.45, 7) is 2.17. The maximum atomic E-state index is 12.9. The van der Waals surface area contributed by atoms with Crippen LogP contribution in [0.3, 0.4) is 0 Å². The van der Waals surface area contributed by atoms with Crippen LogP contribution in [0.1, 0.15) is 5.56 Å². The van der Waals surface area contributed by atoms with Gasteiger partial charge in [-0.05, 0) is 42.0 Å². The van der Waals surface area contributed by atoms with Gasteiger partial charge in [0.15, 0.2) is 0 Å². The molecular formula is C29H28ClN3O5. The van der Waals surface area contributed by atoms with Crippen molar-refractivity contribution in [3.8, 4) is 0 Å². The van der Waals surface area contributed by atoms with Crippen LogP contribution in [0.15, 0.2) is 90.3 Å². The summed E-state index contributed by atoms with van der Waals surface area (Å²) in [6.07, 6.45) is 9.93. The zero-order valence-corrected chi connectivity index (χ0v) is 21.9. The molecule has 2 heterocycles. The number of allylic oxidation sites excluding steroid dienone is 2. The molecule has 0 unspecified atom stereocenters. The number of amides is 1. The molecule has 0 N–H and O–H groups in total. The molecule has 4 rings (SSSR count). The Labute approximate surface area is 226 Å². The molecule has 0 atom stereocenters. The first-order chi connectivity index (χ1) is 18.4. The Morgan fingerprint density at radius 3 is 2.26 bits per heavy atom. The van der Waals surface area contributed by atoms with Gasteiger partial charge >= 0.3 is 11.9 Å². The lowest BCUT2D eigenvalue weighted by molar-refractivity contribution is -0.139. The maximum Gasteiger partial charge on any atom is 0.355 e. The van der Waals surface area contributed by atoms with E-state index in [-0.39, 0.29) is 17.2 Å². The van der Waals surface area contributed by atoms with E-state index in [0.717, 1.165) is 11.3 Å². The summed E-state index contributed by atoms with van der Waals surface area (Å²) in [6, 6.07) is 15.0. The van der Waals surface area contributed by atoms with Crippen LogP contribution in [0, 0.1) is 0 Å². The van der Waals surface area contributed by atoms with Gasteiger partial charge < -0.3 is 24.2 Å². The fourth-order valence-corrected chi connectivity index (χ4v) is 4.48. The van der Waals surface area contributed by atoms with Crippen molar-refractivity contribution >= 4 is 46.9 Å². The number of anilines is 2. The Balaban J connectivity index is 1.60. The second-order valence-corrected chi connectivity index (χ2v) is 8.94. The number of hydrogen-bond acceptors (Lipinski definition) is 7. The number of benzene rings is 2. The molecule has 0 radical (unpaired) electrons. The molecule has 196 valence electrons. The van der Waals surface area contributed by atoms with E-state index in [9.17, 15) is 14.4 Å². The predicted molar refractivity (Wildman–Crippen MR) is 148 cm³/mol. The largest absolute Gasteiger partial charge is 0.465 e. The molecule has 38 heavy (non-hydrogen) atoms. The lowest BCUT2D eigenvalue weighted by Crippen LogP contribution is -2.48. The number of carbonyl (C=O) groups excluding carboxylic acids is 3. The summed E-state index contributed by atoms with van der Waals surface area (Å²) in [5, 5.41) is 0.457. The predicted octanol–water partition coefficient (Wildman–Crippen LogP) is 4.19. The first-order valence-corrected chi connectivity index (χ1v) is 12.4. The number of methoxy groups -OCH3 is 2. The summed E-state index contributed by atoms with van der Waals surface area (Å²) in [4.78, 5) is 43.7. The van der Waals surface area contributed by atoms with Crippen molar-refractivity contribution in [2.24, 2.45) is 0 Å². The van der Waals surface area contributed by atoms with Crippen molar-refractivity contribution < 1.29 is 23.9 Å². The summed E-state index contributed by atoms with van der Waals surface area (Å²) in [5.41, 5.74) is 2.40. The van der Waals surface area contributed by atoms with Crippen LogP contribution in [0.5, 0.6) is 0 Å². The summed E-state index contributed by atoms with van der Waals surface area (Å²) in [5.74, 6) is -1.42. The second kappa shape index (κ2) is 12.3. The van der Waals surface area contributed by atoms with Crippen LogP contribution in [0.25, 0.3) is 6.08 Å². The van der Waals surface area contributed by atoms with Gasteiger partial charge in [0.05, 0.1) is 31.2 Å². The molecule has 1 fully saturated rings. The molecule has 0 bridgehead atoms. The van der Waals surface area contributed by atoms with Crippen molar-refractivity contribution in [1.29, 1.82) is 0 Å². The van der Waals surface area contributed by atoms with Crippen molar-refractivity contribution in [1.82, 2.24) is 4.90 Å². The van der Waals surface area contributed by atoms with E-state index in [4.69, 9.17) is 21.1 Å². The normalized spacial score (nSPS) is 15.6. The van der Waals surface area contributed by atoms with Crippen molar-refractivity contribution in [3.63, 3.8) is 0 Å². The van der Waals surface area contributed by atoms with Gasteiger partial charge in [-0.15, -0.1) is 0 Å². The quantitative estimate of drug-likeness (QED) is 0.407. The molecule has 0 aromatic heterocycles. The van der Waals surface area contributed by atoms with Gasteiger partial charge in [0.1, 0.15) is 5.70 Å². The number of halogens is 1. The van der Waals surface area contributed by atoms with Crippen molar-refractivity contribution in [3.05, 3.63) is 101 Å². The third kappa shape index (κ3) is 5.98. The minimum Gasteiger partial charge on any atom is -0.465 e. The van der Waals surface area contributed by atoms with E-state index in [2.05, 4.69) is 4.90 Å². The Morgan fingerprint density at radius 1 is 0.868 bits per heavy atom. The van der Waals surface area contributed by atoms with Crippen LogP contribution >= 0.6 is 11.6 Å². The van der Waals surface area contributed by atoms with Gasteiger partial charge in [0, 0.05) is 43.5 Å². The lowest BCUT2D eigenvalue weighted by Gasteiger charge is -2.38. The van der Waals surface area contributed by atoms with Crippen LogP contribution in [-0.4, -0.2) is 63.1 Å². The number of carbonyl (C=O) groups is 3. The van der Waals surface area contributed by atoms with E-state index in [1.165, 1.54) is 20.3 Å². The fourth-order valence-electron chi connectivity index (χ4n) is 4.31. The molecule has 1 amide bonds. The number of nitrogens with zero attached hydrogens (tertiary/aromatic N) is 3. The number of ether oxygens (including phenoxy) is 2. The molecule has 1 saturated heterocycles. The number of esters is 2. The van der Waals surface area contributed by atoms with Gasteiger partial charge in [-0.3, -0.25) is 4.79 Å². The molecule has 0 aliphatic carbocycles. The minimum absolute atomic E-state index is 0.00716. The summed E-state index contributed by atoms with van der Waals surface area (Å²) in [7, 11) is 2.50. The zero-order chi connectivity index (χ0) is 27.1. The monoisotopic (exact) mass is 533 g/mol. The third-order valence-corrected chi connectivity index (χ3v) is 6.47. The topological polar surface area (TPSA) is 79.4 Å². The van der Waals surface area contributed by atoms with E-state index in [1.54, 1.807) is 46.4 Å². The molecule has 2 aliphatic heterocycles. The van der Waals surface area contributed by atoms with Gasteiger partial charge in [0.25, 0.3) is 0 Å². The van der Waals surface area contributed by atoms with E-state index >= 15 is 0 Å². The lowest BCUT2D eigenvalue weighted by atomic mass is 10.1. The van der Waals surface area contributed by atoms with E-state index in [1.807, 2.05) is 42.5 Å². The van der Waals surface area contributed by atoms with Gasteiger partial charge in [-0.1, -0.05) is 48.0 Å². The number of hydrogen-bond donors (Lipinski definition) is 0. The van der Waals surface area contributed by atoms with E-state index < -0.39 is 11.9 Å². The molecule has 9 heteroatoms. The van der Waals surface area contributed by atoms with Crippen LogP contribution in [0.4, 0.5) is 11.4 Å². The first-order valence-electron chi connectivity index (χ1n) is 12.0. The number of rotatable bonds is 6. The Kier molecular flexibility index (Phi) is 8.66. The highest BCUT2D eigenvalue weighted by Crippen LogP contribution is 2.37. The average molecular weight is 534 g/mol. The van der Waals surface area contributed by atoms with Crippen LogP contribution in [0.2, 0.25) is 5.02 Å². The van der Waals surface area contributed by atoms with Crippen molar-refractivity contribution in [2.75, 3.05) is 50.2 Å². The maximum absolute atomic E-state index is 12.9. The Morgan fingerprint density at radius 2 is 1.58 bits per heavy atom. The highest BCUT2D eigenvalue weighted by atomic mass is 35.5. The minimum atomic E-state index is -0.701. The Bertz CT molecular complexity index is 1320. The zero-order valence-electron chi connectivity index (χ0n) is 21.2. The summed E-state index contributed by atoms with van der Waals surface area (Å²) >= 11 is 6.38. The molecule has 8 nitrogen and oxygen atoms in total. The van der Waals surface area contributed by atoms with E-state index in [0.29, 0.717) is 36.9 Å². The van der Waals surface area contributed by atoms with Gasteiger partial charge in [-0.25, -0.2) is 9.59 Å². The van der Waals surface area contributed by atoms with Gasteiger partial charge in [-0.2, -0.15) is 0 Å². The molecule has 0 spiro atoms. The highest BCUT2D eigenvalue weighted by molar-refractivity contribution is 6.31. The van der Waals surface area contributed by atoms with Crippen LogP contribution < -0.4 is 9.80 Å². The molecule has 2 aromatic rings. The Hall–Kier alpha value is -4.30. The fraction of sp³-hybridized carbons (Fsp3) is 0.207. The first kappa shape index (κ1) is 26.8. The summed E-state index contributed by atoms with van der Waals surface area (Å²) < 4.78 is 9.94. The molecular weight excluding hydrogens is 506 g/mol. The highest BCUT2D eigenvalue weighted by Gasteiger charge is 2.30. The molecule has 2 aromatic carbocycles. The average Bonchev–Trinajstić information content (AvgIpc) is 3.19. The van der Waals surface area contributed by atoms with Gasteiger partial charge in [0.2, 0.25) is 5.91 Å². The molecule has 2 aliphatic rings. The third-order valence-electron chi connectivity index (χ3n) is 6.24. The smallest absolute Gasteiger partial charge is 0.355 e. The SMILES string of the molecule is COC(=O)C1=C(C(=O)OC)N(c2cc(Cl)ccc2N2CCN(C(=O)C=Cc3ccccc3)CC2)C=CC=C1. The second-order valence-electron chi connectivity index (χ2n) is 8.51. The standard InChI is InChI=1S/C29H28ClN3O5/c1-37-28(35)23-10-6-7-15-33(27(23)29(36)38-2)25-20-22(30)12-13-24(25)31-16-18-32(19-17-31)26(34)14-11-21-8-4-3-5-9-21/h3-15,20H,16-19H2,1-2H3. The van der Waals surface area contributed by atoms with Crippen LogP contribution in [-0.2, 0) is 23.9 Å².